The lowest BCUT2D eigenvalue weighted by Gasteiger charge is -2.09. The van der Waals surface area contributed by atoms with Crippen LogP contribution in [0.3, 0.4) is 0 Å². The van der Waals surface area contributed by atoms with E-state index in [9.17, 15) is 0 Å². The molecule has 2 heteroatoms. The highest BCUT2D eigenvalue weighted by Crippen LogP contribution is 2.42. The number of aromatic nitrogens is 1. The van der Waals surface area contributed by atoms with Crippen molar-refractivity contribution in [3.63, 3.8) is 0 Å². The van der Waals surface area contributed by atoms with Crippen LogP contribution in [0.15, 0.2) is 54.7 Å². The molecule has 1 nitrogen and oxygen atoms in total. The van der Waals surface area contributed by atoms with Gasteiger partial charge in [-0.2, -0.15) is 0 Å². The van der Waals surface area contributed by atoms with E-state index in [4.69, 9.17) is 0 Å². The zero-order valence-corrected chi connectivity index (χ0v) is 15.3. The molecule has 0 radical (unpaired) electrons. The van der Waals surface area contributed by atoms with Crippen LogP contribution in [0.2, 0.25) is 0 Å². The number of hydrogen-bond donors (Lipinski definition) is 0. The molecule has 2 aromatic heterocycles. The number of thiophene rings is 1. The Morgan fingerprint density at radius 1 is 0.960 bits per heavy atom. The largest absolute Gasteiger partial charge is 0.256 e. The fourth-order valence-electron chi connectivity index (χ4n) is 4.21. The van der Waals surface area contributed by atoms with Gasteiger partial charge in [0.15, 0.2) is 0 Å². The van der Waals surface area contributed by atoms with Crippen molar-refractivity contribution in [1.82, 2.24) is 4.98 Å². The van der Waals surface area contributed by atoms with Crippen molar-refractivity contribution in [1.29, 1.82) is 0 Å². The minimum absolute atomic E-state index is 0.765. The van der Waals surface area contributed by atoms with E-state index >= 15 is 0 Å². The minimum atomic E-state index is 0.765. The number of nitrogens with zero attached hydrogens (tertiary/aromatic N) is 1. The molecule has 0 amide bonds. The van der Waals surface area contributed by atoms with Gasteiger partial charge in [-0.15, -0.1) is 11.3 Å². The van der Waals surface area contributed by atoms with E-state index in [2.05, 4.69) is 60.4 Å². The fourth-order valence-corrected chi connectivity index (χ4v) is 5.42. The molecular weight excluding hydrogens is 322 g/mol. The van der Waals surface area contributed by atoms with Crippen LogP contribution >= 0.6 is 11.3 Å². The Morgan fingerprint density at radius 3 is 2.68 bits per heavy atom. The maximum Gasteiger partial charge on any atom is 0.0719 e. The second-order valence-corrected chi connectivity index (χ2v) is 8.29. The molecule has 0 unspecified atom stereocenters. The van der Waals surface area contributed by atoms with Crippen LogP contribution in [0.5, 0.6) is 0 Å². The van der Waals surface area contributed by atoms with E-state index in [0.717, 1.165) is 11.6 Å². The van der Waals surface area contributed by atoms with Crippen molar-refractivity contribution in [2.45, 2.75) is 38.5 Å². The van der Waals surface area contributed by atoms with Gasteiger partial charge in [0.1, 0.15) is 0 Å². The maximum atomic E-state index is 4.62. The van der Waals surface area contributed by atoms with Crippen LogP contribution < -0.4 is 0 Å². The summed E-state index contributed by atoms with van der Waals surface area (Å²) in [5, 5.41) is 2.79. The van der Waals surface area contributed by atoms with Gasteiger partial charge in [0.2, 0.25) is 0 Å². The Hall–Kier alpha value is -2.19. The van der Waals surface area contributed by atoms with Crippen LogP contribution in [-0.4, -0.2) is 4.98 Å². The lowest BCUT2D eigenvalue weighted by Crippen LogP contribution is -1.90. The Kier molecular flexibility index (Phi) is 3.60. The van der Waals surface area contributed by atoms with E-state index in [1.165, 1.54) is 62.5 Å². The van der Waals surface area contributed by atoms with Gasteiger partial charge in [-0.3, -0.25) is 4.98 Å². The van der Waals surface area contributed by atoms with Crippen molar-refractivity contribution < 1.29 is 0 Å². The maximum absolute atomic E-state index is 4.62. The third-order valence-corrected chi connectivity index (χ3v) is 6.76. The average molecular weight is 343 g/mol. The molecule has 0 N–H and O–H groups in total. The van der Waals surface area contributed by atoms with Crippen LogP contribution in [0.25, 0.3) is 31.4 Å². The van der Waals surface area contributed by atoms with Gasteiger partial charge in [0, 0.05) is 31.9 Å². The van der Waals surface area contributed by atoms with E-state index in [1.807, 2.05) is 17.5 Å². The van der Waals surface area contributed by atoms with Crippen LogP contribution in [-0.2, 0) is 0 Å². The van der Waals surface area contributed by atoms with Crippen LogP contribution in [0.4, 0.5) is 0 Å². The van der Waals surface area contributed by atoms with E-state index < -0.39 is 0 Å². The fraction of sp³-hybridized carbons (Fsp3) is 0.261. The summed E-state index contributed by atoms with van der Waals surface area (Å²) in [6.45, 7) is 2.13. The van der Waals surface area contributed by atoms with Gasteiger partial charge in [0.25, 0.3) is 0 Å². The van der Waals surface area contributed by atoms with Gasteiger partial charge in [0.05, 0.1) is 5.69 Å². The van der Waals surface area contributed by atoms with Gasteiger partial charge < -0.3 is 0 Å². The molecular formula is C23H21NS. The molecule has 124 valence electrons. The summed E-state index contributed by atoms with van der Waals surface area (Å²) in [6.07, 6.45) is 7.39. The molecule has 1 fully saturated rings. The lowest BCUT2D eigenvalue weighted by atomic mass is 9.96. The molecule has 0 aliphatic heterocycles. The summed E-state index contributed by atoms with van der Waals surface area (Å²) in [7, 11) is 0. The van der Waals surface area contributed by atoms with E-state index in [-0.39, 0.29) is 0 Å². The topological polar surface area (TPSA) is 12.9 Å². The summed E-state index contributed by atoms with van der Waals surface area (Å²) in [5.41, 5.74) is 5.12. The Morgan fingerprint density at radius 2 is 1.84 bits per heavy atom. The van der Waals surface area contributed by atoms with Crippen molar-refractivity contribution in [2.75, 3.05) is 0 Å². The molecule has 1 aliphatic rings. The monoisotopic (exact) mass is 343 g/mol. The molecule has 1 aliphatic carbocycles. The Balaban J connectivity index is 1.72. The quantitative estimate of drug-likeness (QED) is 0.379. The molecule has 0 spiro atoms. The lowest BCUT2D eigenvalue weighted by molar-refractivity contribution is 0.724. The van der Waals surface area contributed by atoms with Crippen molar-refractivity contribution in [3.8, 4) is 11.3 Å². The molecule has 25 heavy (non-hydrogen) atoms. The molecule has 0 atom stereocenters. The molecule has 4 aromatic rings. The Labute approximate surface area is 152 Å². The predicted octanol–water partition coefficient (Wildman–Crippen LogP) is 7.08. The number of aryl methyl sites for hydroxylation is 1. The first-order valence-electron chi connectivity index (χ1n) is 9.18. The average Bonchev–Trinajstić information content (AvgIpc) is 3.28. The zero-order valence-electron chi connectivity index (χ0n) is 14.5. The summed E-state index contributed by atoms with van der Waals surface area (Å²) in [6, 6.07) is 18.0. The minimum Gasteiger partial charge on any atom is -0.256 e. The molecule has 2 aromatic carbocycles. The first-order chi connectivity index (χ1) is 12.3. The van der Waals surface area contributed by atoms with E-state index in [1.54, 1.807) is 0 Å². The zero-order chi connectivity index (χ0) is 16.8. The molecule has 5 rings (SSSR count). The van der Waals surface area contributed by atoms with Crippen LogP contribution in [0.1, 0.15) is 42.7 Å². The predicted molar refractivity (Wildman–Crippen MR) is 109 cm³/mol. The van der Waals surface area contributed by atoms with Crippen molar-refractivity contribution in [3.05, 3.63) is 65.9 Å². The SMILES string of the molecule is Cc1ccnc(-c2cccc3c2sc2ccc(C4CCCC4)cc23)c1. The first kappa shape index (κ1) is 15.1. The summed E-state index contributed by atoms with van der Waals surface area (Å²) in [4.78, 5) is 4.62. The highest BCUT2D eigenvalue weighted by Gasteiger charge is 2.18. The third kappa shape index (κ3) is 2.56. The van der Waals surface area contributed by atoms with E-state index in [0.29, 0.717) is 0 Å². The highest BCUT2D eigenvalue weighted by molar-refractivity contribution is 7.26. The van der Waals surface area contributed by atoms with Crippen LogP contribution in [0, 0.1) is 6.92 Å². The number of rotatable bonds is 2. The standard InChI is InChI=1S/C23H21NS/c1-15-11-12-24-21(13-15)19-8-4-7-18-20-14-17(16-5-2-3-6-16)9-10-22(20)25-23(18)19/h4,7-14,16H,2-3,5-6H2,1H3. The molecule has 2 heterocycles. The molecule has 0 saturated heterocycles. The van der Waals surface area contributed by atoms with Gasteiger partial charge in [-0.05, 0) is 61.1 Å². The number of fused-ring (bicyclic) bond motifs is 3. The summed E-state index contributed by atoms with van der Waals surface area (Å²) in [5.74, 6) is 0.765. The third-order valence-electron chi connectivity index (χ3n) is 5.54. The normalized spacial score (nSPS) is 15.4. The van der Waals surface area contributed by atoms with Crippen molar-refractivity contribution in [2.24, 2.45) is 0 Å². The second kappa shape index (κ2) is 5.96. The van der Waals surface area contributed by atoms with Gasteiger partial charge in [-0.25, -0.2) is 0 Å². The molecule has 1 saturated carbocycles. The number of benzene rings is 2. The second-order valence-electron chi connectivity index (χ2n) is 7.24. The van der Waals surface area contributed by atoms with Crippen molar-refractivity contribution >= 4 is 31.5 Å². The smallest absolute Gasteiger partial charge is 0.0719 e. The van der Waals surface area contributed by atoms with Gasteiger partial charge >= 0.3 is 0 Å². The first-order valence-corrected chi connectivity index (χ1v) is 9.99. The summed E-state index contributed by atoms with van der Waals surface area (Å²) < 4.78 is 2.75. The van der Waals surface area contributed by atoms with Gasteiger partial charge in [-0.1, -0.05) is 37.1 Å². The summed E-state index contributed by atoms with van der Waals surface area (Å²) >= 11 is 1.90. The highest BCUT2D eigenvalue weighted by atomic mass is 32.1. The Bertz CT molecular complexity index is 1070. The number of pyridine rings is 1. The molecule has 0 bridgehead atoms. The number of hydrogen-bond acceptors (Lipinski definition) is 2.